The van der Waals surface area contributed by atoms with Gasteiger partial charge in [-0.3, -0.25) is 0 Å². The number of rotatable bonds is 4. The number of carbonyl (C=O) groups excluding carboxylic acids is 1. The lowest BCUT2D eigenvalue weighted by Gasteiger charge is -2.02. The molecule has 2 aromatic carbocycles. The second kappa shape index (κ2) is 6.85. The summed E-state index contributed by atoms with van der Waals surface area (Å²) in [5.41, 5.74) is 2.79. The van der Waals surface area contributed by atoms with Crippen molar-refractivity contribution in [2.75, 3.05) is 0 Å². The van der Waals surface area contributed by atoms with Crippen LogP contribution in [0.25, 0.3) is 26.1 Å². The summed E-state index contributed by atoms with van der Waals surface area (Å²) in [6.07, 6.45) is 0. The molecule has 5 aromatic rings. The van der Waals surface area contributed by atoms with Crippen LogP contribution in [0.1, 0.15) is 20.4 Å². The average Bonchev–Trinajstić information content (AvgIpc) is 3.41. The van der Waals surface area contributed by atoms with Crippen LogP contribution in [0.5, 0.6) is 0 Å². The Labute approximate surface area is 168 Å². The molecule has 0 saturated heterocycles. The van der Waals surface area contributed by atoms with E-state index >= 15 is 0 Å². The van der Waals surface area contributed by atoms with Gasteiger partial charge in [0.1, 0.15) is 21.3 Å². The number of benzene rings is 2. The highest BCUT2D eigenvalue weighted by atomic mass is 32.1. The first kappa shape index (κ1) is 17.1. The Balaban J connectivity index is 1.40. The second-order valence-electron chi connectivity index (χ2n) is 6.31. The minimum atomic E-state index is -0.334. The lowest BCUT2D eigenvalue weighted by molar-refractivity contribution is 0.0478. The minimum absolute atomic E-state index is 0.177. The van der Waals surface area contributed by atoms with E-state index in [1.54, 1.807) is 11.3 Å². The maximum atomic E-state index is 12.6. The number of nitrogens with zero attached hydrogens (tertiary/aromatic N) is 3. The fourth-order valence-electron chi connectivity index (χ4n) is 3.07. The quantitative estimate of drug-likeness (QED) is 0.378. The van der Waals surface area contributed by atoms with Gasteiger partial charge in [-0.1, -0.05) is 30.3 Å². The van der Waals surface area contributed by atoms with Gasteiger partial charge in [0, 0.05) is 5.39 Å². The molecule has 5 rings (SSSR count). The van der Waals surface area contributed by atoms with Crippen LogP contribution in [0, 0.1) is 6.92 Å². The van der Waals surface area contributed by atoms with Crippen LogP contribution in [0.4, 0.5) is 0 Å². The maximum absolute atomic E-state index is 12.6. The van der Waals surface area contributed by atoms with Crippen LogP contribution in [0.3, 0.4) is 0 Å². The van der Waals surface area contributed by atoms with Crippen molar-refractivity contribution in [2.24, 2.45) is 0 Å². The molecule has 0 bridgehead atoms. The predicted octanol–water partition coefficient (Wildman–Crippen LogP) is 5.36. The summed E-state index contributed by atoms with van der Waals surface area (Å²) in [6, 6.07) is 19.7. The molecule has 0 N–H and O–H groups in total. The van der Waals surface area contributed by atoms with E-state index in [0.717, 1.165) is 36.8 Å². The van der Waals surface area contributed by atoms with Crippen LogP contribution in [-0.4, -0.2) is 20.7 Å². The van der Waals surface area contributed by atoms with Gasteiger partial charge in [0.05, 0.1) is 21.6 Å². The van der Waals surface area contributed by atoms with Gasteiger partial charge in [-0.15, -0.1) is 22.7 Å². The van der Waals surface area contributed by atoms with E-state index < -0.39 is 0 Å². The van der Waals surface area contributed by atoms with Crippen molar-refractivity contribution in [3.8, 4) is 5.69 Å². The summed E-state index contributed by atoms with van der Waals surface area (Å²) >= 11 is 2.94. The number of hydrogen-bond acceptors (Lipinski definition) is 6. The third-order valence-corrected chi connectivity index (χ3v) is 6.51. The summed E-state index contributed by atoms with van der Waals surface area (Å²) in [7, 11) is 0. The molecule has 7 heteroatoms. The molecular weight excluding hydrogens is 390 g/mol. The Morgan fingerprint density at radius 2 is 1.86 bits per heavy atom. The van der Waals surface area contributed by atoms with Crippen LogP contribution < -0.4 is 0 Å². The molecule has 0 atom stereocenters. The van der Waals surface area contributed by atoms with E-state index in [0.29, 0.717) is 4.88 Å². The molecule has 0 saturated carbocycles. The number of aromatic nitrogens is 3. The number of aryl methyl sites for hydroxylation is 1. The normalized spacial score (nSPS) is 11.3. The van der Waals surface area contributed by atoms with Gasteiger partial charge in [-0.05, 0) is 37.3 Å². The predicted molar refractivity (Wildman–Crippen MR) is 112 cm³/mol. The van der Waals surface area contributed by atoms with Crippen molar-refractivity contribution in [1.29, 1.82) is 0 Å². The Bertz CT molecular complexity index is 1270. The number of hydrogen-bond donors (Lipinski definition) is 0. The van der Waals surface area contributed by atoms with Gasteiger partial charge < -0.3 is 4.74 Å². The van der Waals surface area contributed by atoms with Crippen molar-refractivity contribution in [3.05, 3.63) is 76.2 Å². The number of thiophene rings is 1. The van der Waals surface area contributed by atoms with Crippen molar-refractivity contribution in [2.45, 2.75) is 13.5 Å². The fraction of sp³-hybridized carbons (Fsp3) is 0.0952. The Morgan fingerprint density at radius 3 is 2.68 bits per heavy atom. The van der Waals surface area contributed by atoms with Crippen LogP contribution in [-0.2, 0) is 11.3 Å². The Morgan fingerprint density at radius 1 is 1.07 bits per heavy atom. The minimum Gasteiger partial charge on any atom is -0.454 e. The van der Waals surface area contributed by atoms with Crippen molar-refractivity contribution >= 4 is 49.1 Å². The van der Waals surface area contributed by atoms with E-state index in [1.165, 1.54) is 11.3 Å². The van der Waals surface area contributed by atoms with Crippen LogP contribution in [0.2, 0.25) is 0 Å². The third kappa shape index (κ3) is 2.98. The first-order chi connectivity index (χ1) is 13.7. The number of fused-ring (bicyclic) bond motifs is 2. The average molecular weight is 406 g/mol. The molecule has 0 aliphatic heterocycles. The zero-order valence-corrected chi connectivity index (χ0v) is 16.6. The standard InChI is InChI=1S/C21H15N3O2S2/c1-13-15-11-18(28-20(15)24(23-13)14-7-3-2-4-8-14)21(25)26-12-19-22-16-9-5-6-10-17(16)27-19/h2-11H,12H2,1H3. The third-order valence-electron chi connectivity index (χ3n) is 4.41. The molecule has 0 radical (unpaired) electrons. The smallest absolute Gasteiger partial charge is 0.348 e. The van der Waals surface area contributed by atoms with Crippen molar-refractivity contribution < 1.29 is 9.53 Å². The van der Waals surface area contributed by atoms with Gasteiger partial charge in [-0.2, -0.15) is 5.10 Å². The van der Waals surface area contributed by atoms with E-state index in [-0.39, 0.29) is 12.6 Å². The fourth-order valence-corrected chi connectivity index (χ4v) is 5.03. The zero-order valence-electron chi connectivity index (χ0n) is 15.0. The summed E-state index contributed by atoms with van der Waals surface area (Å²) in [6.45, 7) is 2.13. The Hall–Kier alpha value is -3.03. The van der Waals surface area contributed by atoms with Gasteiger partial charge in [-0.25, -0.2) is 14.5 Å². The van der Waals surface area contributed by atoms with E-state index in [1.807, 2.05) is 72.3 Å². The molecule has 0 aliphatic rings. The molecule has 0 spiro atoms. The van der Waals surface area contributed by atoms with E-state index in [2.05, 4.69) is 10.1 Å². The van der Waals surface area contributed by atoms with E-state index in [4.69, 9.17) is 4.74 Å². The largest absolute Gasteiger partial charge is 0.454 e. The SMILES string of the molecule is Cc1nn(-c2ccccc2)c2sc(C(=O)OCc3nc4ccccc4s3)cc12. The molecule has 138 valence electrons. The molecule has 3 heterocycles. The first-order valence-corrected chi connectivity index (χ1v) is 10.4. The number of ether oxygens (including phenoxy) is 1. The molecule has 28 heavy (non-hydrogen) atoms. The lowest BCUT2D eigenvalue weighted by atomic mass is 10.3. The van der Waals surface area contributed by atoms with Crippen LogP contribution in [0.15, 0.2) is 60.7 Å². The first-order valence-electron chi connectivity index (χ1n) is 8.75. The number of para-hydroxylation sites is 2. The van der Waals surface area contributed by atoms with Gasteiger partial charge in [0.2, 0.25) is 0 Å². The molecule has 5 nitrogen and oxygen atoms in total. The second-order valence-corrected chi connectivity index (χ2v) is 8.46. The molecule has 0 fully saturated rings. The van der Waals surface area contributed by atoms with E-state index in [9.17, 15) is 4.79 Å². The number of carbonyl (C=O) groups is 1. The highest BCUT2D eigenvalue weighted by molar-refractivity contribution is 7.20. The zero-order chi connectivity index (χ0) is 19.1. The Kier molecular flexibility index (Phi) is 4.18. The number of esters is 1. The monoisotopic (exact) mass is 405 g/mol. The van der Waals surface area contributed by atoms with Gasteiger partial charge in [0.15, 0.2) is 0 Å². The molecule has 0 amide bonds. The summed E-state index contributed by atoms with van der Waals surface area (Å²) in [5, 5.41) is 6.37. The molecule has 0 aliphatic carbocycles. The van der Waals surface area contributed by atoms with Crippen molar-refractivity contribution in [1.82, 2.24) is 14.8 Å². The summed E-state index contributed by atoms with van der Waals surface area (Å²) in [4.78, 5) is 18.6. The maximum Gasteiger partial charge on any atom is 0.348 e. The molecular formula is C21H15N3O2S2. The van der Waals surface area contributed by atoms with Gasteiger partial charge >= 0.3 is 5.97 Å². The lowest BCUT2D eigenvalue weighted by Crippen LogP contribution is -2.03. The number of thiazole rings is 1. The van der Waals surface area contributed by atoms with Gasteiger partial charge in [0.25, 0.3) is 0 Å². The molecule has 0 unspecified atom stereocenters. The molecule has 3 aromatic heterocycles. The topological polar surface area (TPSA) is 57.0 Å². The van der Waals surface area contributed by atoms with Crippen molar-refractivity contribution in [3.63, 3.8) is 0 Å². The highest BCUT2D eigenvalue weighted by Crippen LogP contribution is 2.31. The summed E-state index contributed by atoms with van der Waals surface area (Å²) < 4.78 is 8.48. The van der Waals surface area contributed by atoms with Crippen LogP contribution >= 0.6 is 22.7 Å². The highest BCUT2D eigenvalue weighted by Gasteiger charge is 2.18. The summed E-state index contributed by atoms with van der Waals surface area (Å²) in [5.74, 6) is -0.334.